The smallest absolute Gasteiger partial charge is 0.257 e. The fraction of sp³-hybridized carbons (Fsp3) is 0.500. The van der Waals surface area contributed by atoms with Crippen LogP contribution in [0.1, 0.15) is 36.8 Å². The van der Waals surface area contributed by atoms with E-state index in [1.54, 1.807) is 13.8 Å². The van der Waals surface area contributed by atoms with Crippen LogP contribution in [-0.2, 0) is 0 Å². The standard InChI is InChI=1S/C12H17ClN2O2/c1-7-5-10(16)9(6-14-7)11(17)15-12(3,4)8(2)13/h5-6,8H,1-4H3,(H,14,16)(H,15,17). The van der Waals surface area contributed by atoms with Crippen molar-refractivity contribution in [3.63, 3.8) is 0 Å². The number of nitrogens with one attached hydrogen (secondary N) is 2. The molecule has 1 unspecified atom stereocenters. The minimum Gasteiger partial charge on any atom is -0.364 e. The van der Waals surface area contributed by atoms with Gasteiger partial charge in [-0.25, -0.2) is 0 Å². The first-order valence-corrected chi connectivity index (χ1v) is 5.83. The number of carbonyl (C=O) groups is 1. The molecule has 1 heterocycles. The van der Waals surface area contributed by atoms with E-state index in [0.717, 1.165) is 5.69 Å². The number of carbonyl (C=O) groups excluding carboxylic acids is 1. The predicted molar refractivity (Wildman–Crippen MR) is 68.7 cm³/mol. The van der Waals surface area contributed by atoms with Crippen molar-refractivity contribution in [2.75, 3.05) is 0 Å². The number of H-pyrrole nitrogens is 1. The van der Waals surface area contributed by atoms with Crippen LogP contribution < -0.4 is 10.7 Å². The van der Waals surface area contributed by atoms with Crippen LogP contribution >= 0.6 is 11.6 Å². The first kappa shape index (κ1) is 13.8. The summed E-state index contributed by atoms with van der Waals surface area (Å²) in [5, 5.41) is 2.50. The van der Waals surface area contributed by atoms with E-state index in [1.165, 1.54) is 12.3 Å². The number of hydrogen-bond acceptors (Lipinski definition) is 2. The van der Waals surface area contributed by atoms with Crippen LogP contribution in [0.4, 0.5) is 0 Å². The second-order valence-corrected chi connectivity index (χ2v) is 5.34. The minimum absolute atomic E-state index is 0.0981. The molecule has 0 saturated carbocycles. The van der Waals surface area contributed by atoms with Crippen molar-refractivity contribution >= 4 is 17.5 Å². The first-order chi connectivity index (χ1) is 7.74. The number of aromatic amines is 1. The second kappa shape index (κ2) is 4.92. The molecular formula is C12H17ClN2O2. The summed E-state index contributed by atoms with van der Waals surface area (Å²) in [7, 11) is 0. The van der Waals surface area contributed by atoms with Crippen molar-refractivity contribution in [1.82, 2.24) is 10.3 Å². The largest absolute Gasteiger partial charge is 0.364 e. The number of hydrogen-bond donors (Lipinski definition) is 2. The molecule has 1 atom stereocenters. The van der Waals surface area contributed by atoms with Crippen LogP contribution in [0.15, 0.2) is 17.1 Å². The SMILES string of the molecule is Cc1cc(=O)c(C(=O)NC(C)(C)C(C)Cl)c[nH]1. The molecule has 94 valence electrons. The highest BCUT2D eigenvalue weighted by Gasteiger charge is 2.27. The predicted octanol–water partition coefficient (Wildman–Crippen LogP) is 1.82. The molecule has 0 aliphatic rings. The highest BCUT2D eigenvalue weighted by atomic mass is 35.5. The average molecular weight is 257 g/mol. The van der Waals surface area contributed by atoms with Gasteiger partial charge in [-0.1, -0.05) is 0 Å². The van der Waals surface area contributed by atoms with E-state index in [9.17, 15) is 9.59 Å². The Morgan fingerprint density at radius 2 is 2.12 bits per heavy atom. The second-order valence-electron chi connectivity index (χ2n) is 4.69. The Bertz CT molecular complexity index is 478. The Morgan fingerprint density at radius 1 is 1.53 bits per heavy atom. The third kappa shape index (κ3) is 3.33. The van der Waals surface area contributed by atoms with E-state index in [0.29, 0.717) is 0 Å². The molecule has 5 heteroatoms. The molecule has 1 amide bonds. The molecule has 0 aliphatic heterocycles. The number of halogens is 1. The van der Waals surface area contributed by atoms with Crippen molar-refractivity contribution in [3.8, 4) is 0 Å². The summed E-state index contributed by atoms with van der Waals surface area (Å²) in [4.78, 5) is 26.4. The van der Waals surface area contributed by atoms with Crippen molar-refractivity contribution in [2.45, 2.75) is 38.6 Å². The Kier molecular flexibility index (Phi) is 3.98. The number of amides is 1. The molecule has 0 saturated heterocycles. The number of pyridine rings is 1. The van der Waals surface area contributed by atoms with Gasteiger partial charge in [0.1, 0.15) is 5.56 Å². The highest BCUT2D eigenvalue weighted by Crippen LogP contribution is 2.14. The summed E-state index contributed by atoms with van der Waals surface area (Å²) < 4.78 is 0. The first-order valence-electron chi connectivity index (χ1n) is 5.40. The highest BCUT2D eigenvalue weighted by molar-refractivity contribution is 6.21. The van der Waals surface area contributed by atoms with E-state index in [2.05, 4.69) is 10.3 Å². The Balaban J connectivity index is 2.95. The lowest BCUT2D eigenvalue weighted by molar-refractivity contribution is 0.0911. The van der Waals surface area contributed by atoms with E-state index in [4.69, 9.17) is 11.6 Å². The molecule has 1 aromatic rings. The fourth-order valence-corrected chi connectivity index (χ4v) is 1.26. The summed E-state index contributed by atoms with van der Waals surface area (Å²) >= 11 is 5.97. The van der Waals surface area contributed by atoms with Gasteiger partial charge in [-0.3, -0.25) is 9.59 Å². The maximum atomic E-state index is 11.9. The van der Waals surface area contributed by atoms with Gasteiger partial charge in [-0.15, -0.1) is 11.6 Å². The Labute approximate surface area is 105 Å². The quantitative estimate of drug-likeness (QED) is 0.811. The lowest BCUT2D eigenvalue weighted by Gasteiger charge is -2.28. The number of alkyl halides is 1. The van der Waals surface area contributed by atoms with Crippen molar-refractivity contribution in [2.24, 2.45) is 0 Å². The molecule has 0 bridgehead atoms. The lowest BCUT2D eigenvalue weighted by atomic mass is 10.0. The van der Waals surface area contributed by atoms with Gasteiger partial charge < -0.3 is 10.3 Å². The van der Waals surface area contributed by atoms with Crippen LogP contribution in [0, 0.1) is 6.92 Å². The van der Waals surface area contributed by atoms with E-state index < -0.39 is 11.4 Å². The third-order valence-corrected chi connectivity index (χ3v) is 3.28. The minimum atomic E-state index is -0.573. The molecule has 0 aromatic carbocycles. The molecule has 4 nitrogen and oxygen atoms in total. The summed E-state index contributed by atoms with van der Waals surface area (Å²) in [5.41, 5.74) is -0.0510. The van der Waals surface area contributed by atoms with Crippen LogP contribution in [0.5, 0.6) is 0 Å². The maximum absolute atomic E-state index is 11.9. The van der Waals surface area contributed by atoms with E-state index in [1.807, 2.05) is 13.8 Å². The third-order valence-electron chi connectivity index (χ3n) is 2.73. The van der Waals surface area contributed by atoms with Crippen LogP contribution in [0.3, 0.4) is 0 Å². The summed E-state index contributed by atoms with van der Waals surface area (Å²) in [6, 6.07) is 1.39. The summed E-state index contributed by atoms with van der Waals surface area (Å²) in [5.74, 6) is -0.413. The molecular weight excluding hydrogens is 240 g/mol. The monoisotopic (exact) mass is 256 g/mol. The van der Waals surface area contributed by atoms with Gasteiger partial charge in [0, 0.05) is 18.0 Å². The van der Waals surface area contributed by atoms with Gasteiger partial charge in [0.25, 0.3) is 5.91 Å². The van der Waals surface area contributed by atoms with E-state index >= 15 is 0 Å². The molecule has 1 aromatic heterocycles. The normalized spacial score (nSPS) is 13.2. The summed E-state index contributed by atoms with van der Waals surface area (Å²) in [6.45, 7) is 7.17. The maximum Gasteiger partial charge on any atom is 0.257 e. The number of aromatic nitrogens is 1. The van der Waals surface area contributed by atoms with Gasteiger partial charge in [0.2, 0.25) is 0 Å². The van der Waals surface area contributed by atoms with Gasteiger partial charge in [0.05, 0.1) is 10.9 Å². The van der Waals surface area contributed by atoms with Gasteiger partial charge in [0.15, 0.2) is 5.43 Å². The molecule has 0 fully saturated rings. The van der Waals surface area contributed by atoms with Crippen LogP contribution in [0.2, 0.25) is 0 Å². The number of aryl methyl sites for hydroxylation is 1. The molecule has 1 rings (SSSR count). The van der Waals surface area contributed by atoms with Gasteiger partial charge in [-0.05, 0) is 27.7 Å². The Hall–Kier alpha value is -1.29. The molecule has 0 aliphatic carbocycles. The molecule has 0 radical (unpaired) electrons. The molecule has 2 N–H and O–H groups in total. The van der Waals surface area contributed by atoms with Gasteiger partial charge >= 0.3 is 0 Å². The van der Waals surface area contributed by atoms with Crippen LogP contribution in [-0.4, -0.2) is 21.8 Å². The molecule has 0 spiro atoms. The van der Waals surface area contributed by atoms with Crippen molar-refractivity contribution in [3.05, 3.63) is 33.7 Å². The Morgan fingerprint density at radius 3 is 2.59 bits per heavy atom. The topological polar surface area (TPSA) is 62.0 Å². The fourth-order valence-electron chi connectivity index (χ4n) is 1.21. The number of rotatable bonds is 3. The molecule has 17 heavy (non-hydrogen) atoms. The van der Waals surface area contributed by atoms with Crippen molar-refractivity contribution in [1.29, 1.82) is 0 Å². The zero-order valence-electron chi connectivity index (χ0n) is 10.4. The van der Waals surface area contributed by atoms with Crippen LogP contribution in [0.25, 0.3) is 0 Å². The average Bonchev–Trinajstić information content (AvgIpc) is 2.15. The van der Waals surface area contributed by atoms with Crippen molar-refractivity contribution < 1.29 is 4.79 Å². The zero-order chi connectivity index (χ0) is 13.2. The summed E-state index contributed by atoms with van der Waals surface area (Å²) in [6.07, 6.45) is 1.42. The zero-order valence-corrected chi connectivity index (χ0v) is 11.2. The van der Waals surface area contributed by atoms with Gasteiger partial charge in [-0.2, -0.15) is 0 Å². The lowest BCUT2D eigenvalue weighted by Crippen LogP contribution is -2.49. The van der Waals surface area contributed by atoms with E-state index in [-0.39, 0.29) is 16.4 Å².